The number of cyclic esters (lactones) is 2. The Morgan fingerprint density at radius 2 is 1.92 bits per heavy atom. The third-order valence-corrected chi connectivity index (χ3v) is 1.64. The number of rotatable bonds is 1. The summed E-state index contributed by atoms with van der Waals surface area (Å²) < 4.78 is 9.36. The van der Waals surface area contributed by atoms with Crippen molar-refractivity contribution in [3.8, 4) is 0 Å². The molecule has 61 valence electrons. The van der Waals surface area contributed by atoms with Gasteiger partial charge in [-0.15, -0.1) is 0 Å². The zero-order valence-corrected chi connectivity index (χ0v) is 6.27. The van der Waals surface area contributed by atoms with Crippen LogP contribution in [0.25, 0.3) is 0 Å². The highest BCUT2D eigenvalue weighted by Gasteiger charge is 2.26. The van der Waals surface area contributed by atoms with Crippen molar-refractivity contribution in [1.82, 2.24) is 0 Å². The van der Waals surface area contributed by atoms with Crippen LogP contribution >= 0.6 is 0 Å². The fourth-order valence-corrected chi connectivity index (χ4v) is 1.07. The molecule has 3 nitrogen and oxygen atoms in total. The van der Waals surface area contributed by atoms with Gasteiger partial charge in [0.25, 0.3) is 0 Å². The summed E-state index contributed by atoms with van der Waals surface area (Å²) >= 11 is 0. The molecule has 1 aliphatic heterocycles. The van der Waals surface area contributed by atoms with E-state index in [4.69, 9.17) is 4.74 Å². The number of carbonyl (C=O) groups excluding carboxylic acids is 1. The molecule has 1 aromatic rings. The lowest BCUT2D eigenvalue weighted by atomic mass is 10.1. The number of hydrogen-bond donors (Lipinski definition) is 0. The van der Waals surface area contributed by atoms with Gasteiger partial charge in [0.2, 0.25) is 0 Å². The van der Waals surface area contributed by atoms with Crippen molar-refractivity contribution < 1.29 is 14.3 Å². The first-order valence-corrected chi connectivity index (χ1v) is 3.62. The van der Waals surface area contributed by atoms with Crippen LogP contribution < -0.4 is 0 Å². The van der Waals surface area contributed by atoms with E-state index in [0.717, 1.165) is 5.56 Å². The molecule has 0 bridgehead atoms. The van der Waals surface area contributed by atoms with Gasteiger partial charge < -0.3 is 9.47 Å². The summed E-state index contributed by atoms with van der Waals surface area (Å²) in [7, 11) is 0. The molecule has 1 radical (unpaired) electrons. The molecule has 12 heavy (non-hydrogen) atoms. The average Bonchev–Trinajstić information content (AvgIpc) is 2.54. The summed E-state index contributed by atoms with van der Waals surface area (Å²) in [6.07, 6.45) is -0.984. The molecular weight excluding hydrogens is 156 g/mol. The van der Waals surface area contributed by atoms with Gasteiger partial charge in [0.15, 0.2) is 12.7 Å². The number of ether oxygens (including phenoxy) is 2. The van der Waals surface area contributed by atoms with Crippen molar-refractivity contribution in [1.29, 1.82) is 0 Å². The smallest absolute Gasteiger partial charge is 0.422 e. The molecule has 1 aliphatic rings. The predicted octanol–water partition coefficient (Wildman–Crippen LogP) is 2.06. The average molecular weight is 163 g/mol. The number of hydrogen-bond acceptors (Lipinski definition) is 3. The topological polar surface area (TPSA) is 35.5 Å². The van der Waals surface area contributed by atoms with E-state index >= 15 is 0 Å². The van der Waals surface area contributed by atoms with Crippen LogP contribution in [-0.4, -0.2) is 6.16 Å². The van der Waals surface area contributed by atoms with E-state index < -0.39 is 6.16 Å². The summed E-state index contributed by atoms with van der Waals surface area (Å²) in [5.41, 5.74) is 0.920. The van der Waals surface area contributed by atoms with Crippen LogP contribution in [0.1, 0.15) is 11.7 Å². The second-order valence-corrected chi connectivity index (χ2v) is 2.45. The fraction of sp³-hybridized carbons (Fsp3) is 0.111. The van der Waals surface area contributed by atoms with Crippen molar-refractivity contribution in [3.63, 3.8) is 0 Å². The molecule has 0 aliphatic carbocycles. The molecule has 0 aromatic heterocycles. The van der Waals surface area contributed by atoms with Gasteiger partial charge in [-0.2, -0.15) is 0 Å². The van der Waals surface area contributed by atoms with Gasteiger partial charge in [0, 0.05) is 0 Å². The van der Waals surface area contributed by atoms with Crippen LogP contribution in [0.5, 0.6) is 0 Å². The van der Waals surface area contributed by atoms with E-state index in [1.807, 2.05) is 30.3 Å². The third kappa shape index (κ3) is 1.25. The van der Waals surface area contributed by atoms with Crippen LogP contribution in [0, 0.1) is 6.61 Å². The zero-order valence-electron chi connectivity index (χ0n) is 6.27. The van der Waals surface area contributed by atoms with Crippen LogP contribution in [-0.2, 0) is 9.47 Å². The molecule has 3 heteroatoms. The SMILES string of the molecule is O=C1O[CH]C(c2ccccc2)O1. The summed E-state index contributed by atoms with van der Waals surface area (Å²) in [6.45, 7) is 1.39. The molecule has 0 spiro atoms. The minimum absolute atomic E-state index is 0.348. The van der Waals surface area contributed by atoms with Gasteiger partial charge in [-0.3, -0.25) is 0 Å². The molecule has 0 N–H and O–H groups in total. The van der Waals surface area contributed by atoms with E-state index in [2.05, 4.69) is 4.74 Å². The maximum Gasteiger partial charge on any atom is 0.509 e. The largest absolute Gasteiger partial charge is 0.509 e. The van der Waals surface area contributed by atoms with Gasteiger partial charge in [-0.25, -0.2) is 4.79 Å². The lowest BCUT2D eigenvalue weighted by Gasteiger charge is -2.03. The first kappa shape index (κ1) is 7.16. The maximum absolute atomic E-state index is 10.6. The quantitative estimate of drug-likeness (QED) is 0.594. The lowest BCUT2D eigenvalue weighted by molar-refractivity contribution is 0.118. The second-order valence-electron chi connectivity index (χ2n) is 2.45. The summed E-state index contributed by atoms with van der Waals surface area (Å²) in [5, 5.41) is 0. The van der Waals surface area contributed by atoms with Gasteiger partial charge in [0.05, 0.1) is 0 Å². The molecule has 1 fully saturated rings. The Bertz CT molecular complexity index is 281. The molecule has 1 saturated heterocycles. The normalized spacial score (nSPS) is 21.7. The Hall–Kier alpha value is -1.51. The van der Waals surface area contributed by atoms with Gasteiger partial charge in [-0.1, -0.05) is 30.3 Å². The van der Waals surface area contributed by atoms with Crippen molar-refractivity contribution >= 4 is 6.16 Å². The molecular formula is C9H7O3. The van der Waals surface area contributed by atoms with E-state index in [0.29, 0.717) is 0 Å². The minimum atomic E-state index is -0.635. The van der Waals surface area contributed by atoms with E-state index in [-0.39, 0.29) is 6.10 Å². The summed E-state index contributed by atoms with van der Waals surface area (Å²) in [4.78, 5) is 10.6. The Balaban J connectivity index is 2.16. The van der Waals surface area contributed by atoms with Gasteiger partial charge in [-0.05, 0) is 5.56 Å². The maximum atomic E-state index is 10.6. The van der Waals surface area contributed by atoms with Crippen LogP contribution in [0.3, 0.4) is 0 Å². The second kappa shape index (κ2) is 2.85. The highest BCUT2D eigenvalue weighted by atomic mass is 16.8. The molecule has 1 aromatic carbocycles. The lowest BCUT2D eigenvalue weighted by Crippen LogP contribution is -1.96. The van der Waals surface area contributed by atoms with Crippen molar-refractivity contribution in [2.45, 2.75) is 6.10 Å². The Kier molecular flexibility index (Phi) is 1.70. The van der Waals surface area contributed by atoms with Crippen LogP contribution in [0.15, 0.2) is 30.3 Å². The molecule has 1 atom stereocenters. The highest BCUT2D eigenvalue weighted by Crippen LogP contribution is 2.26. The van der Waals surface area contributed by atoms with Gasteiger partial charge in [0.1, 0.15) is 0 Å². The fourth-order valence-electron chi connectivity index (χ4n) is 1.07. The van der Waals surface area contributed by atoms with Crippen molar-refractivity contribution in [2.75, 3.05) is 0 Å². The molecule has 1 heterocycles. The molecule has 0 saturated carbocycles. The highest BCUT2D eigenvalue weighted by molar-refractivity contribution is 5.63. The Morgan fingerprint density at radius 3 is 2.50 bits per heavy atom. The van der Waals surface area contributed by atoms with Gasteiger partial charge >= 0.3 is 6.16 Å². The van der Waals surface area contributed by atoms with Crippen molar-refractivity contribution in [3.05, 3.63) is 42.5 Å². The standard InChI is InChI=1S/C9H7O3/c10-9-11-6-8(12-9)7-4-2-1-3-5-7/h1-6,8H. The molecule has 2 rings (SSSR count). The first-order valence-electron chi connectivity index (χ1n) is 3.62. The minimum Gasteiger partial charge on any atom is -0.422 e. The van der Waals surface area contributed by atoms with Crippen LogP contribution in [0.2, 0.25) is 0 Å². The predicted molar refractivity (Wildman–Crippen MR) is 41.0 cm³/mol. The molecule has 1 unspecified atom stereocenters. The number of carbonyl (C=O) groups is 1. The Labute approximate surface area is 69.9 Å². The Morgan fingerprint density at radius 1 is 1.17 bits per heavy atom. The third-order valence-electron chi connectivity index (χ3n) is 1.64. The molecule has 0 amide bonds. The first-order chi connectivity index (χ1) is 5.86. The number of benzene rings is 1. The van der Waals surface area contributed by atoms with E-state index in [1.54, 1.807) is 0 Å². The zero-order chi connectivity index (χ0) is 8.39. The summed E-state index contributed by atoms with van der Waals surface area (Å²) in [5.74, 6) is 0. The monoisotopic (exact) mass is 163 g/mol. The van der Waals surface area contributed by atoms with E-state index in [1.165, 1.54) is 6.61 Å². The van der Waals surface area contributed by atoms with Crippen LogP contribution in [0.4, 0.5) is 4.79 Å². The summed E-state index contributed by atoms with van der Waals surface area (Å²) in [6, 6.07) is 9.43. The van der Waals surface area contributed by atoms with E-state index in [9.17, 15) is 4.79 Å². The van der Waals surface area contributed by atoms with Crippen molar-refractivity contribution in [2.24, 2.45) is 0 Å².